The summed E-state index contributed by atoms with van der Waals surface area (Å²) < 4.78 is 47.5. The molecule has 0 spiro atoms. The summed E-state index contributed by atoms with van der Waals surface area (Å²) in [6.07, 6.45) is 2.72. The summed E-state index contributed by atoms with van der Waals surface area (Å²) in [5, 5.41) is 12.4. The zero-order valence-corrected chi connectivity index (χ0v) is 24.5. The topological polar surface area (TPSA) is 85.3 Å². The zero-order valence-electron chi connectivity index (χ0n) is 24.5. The van der Waals surface area contributed by atoms with Gasteiger partial charge in [0.1, 0.15) is 18.2 Å². The van der Waals surface area contributed by atoms with Gasteiger partial charge in [-0.25, -0.2) is 4.90 Å². The minimum absolute atomic E-state index is 0.149. The normalized spacial score (nSPS) is 20.2. The average molecular weight is 599 g/mol. The van der Waals surface area contributed by atoms with Crippen molar-refractivity contribution in [1.29, 1.82) is 0 Å². The first kappa shape index (κ1) is 29.4. The Bertz CT molecular complexity index is 1500. The van der Waals surface area contributed by atoms with E-state index in [9.17, 15) is 23.1 Å². The van der Waals surface area contributed by atoms with Crippen LogP contribution in [0.5, 0.6) is 11.8 Å². The molecule has 9 nitrogen and oxygen atoms in total. The molecule has 3 aliphatic rings. The van der Waals surface area contributed by atoms with Gasteiger partial charge in [0.2, 0.25) is 0 Å². The number of aromatic nitrogens is 2. The Balaban J connectivity index is 1.30. The number of phenolic OH excluding ortho intramolecular Hbond substituents is 1. The number of likely N-dealkylation sites (tertiary alicyclic amines) is 1. The molecule has 0 unspecified atom stereocenters. The minimum Gasteiger partial charge on any atom is -0.508 e. The van der Waals surface area contributed by atoms with Crippen molar-refractivity contribution in [3.8, 4) is 11.8 Å². The van der Waals surface area contributed by atoms with E-state index in [-0.39, 0.29) is 44.0 Å². The predicted octanol–water partition coefficient (Wildman–Crippen LogP) is 4.36. The molecule has 1 N–H and O–H groups in total. The van der Waals surface area contributed by atoms with E-state index in [2.05, 4.69) is 23.6 Å². The summed E-state index contributed by atoms with van der Waals surface area (Å²) in [4.78, 5) is 27.6. The number of halogens is 3. The summed E-state index contributed by atoms with van der Waals surface area (Å²) in [6, 6.07) is 5.50. The molecular formula is C31H37F3N6O3. The van der Waals surface area contributed by atoms with Crippen LogP contribution in [0, 0.1) is 0 Å². The molecule has 3 aliphatic heterocycles. The maximum Gasteiger partial charge on any atom is 0.395 e. The highest BCUT2D eigenvalue weighted by atomic mass is 19.3. The molecule has 2 saturated heterocycles. The summed E-state index contributed by atoms with van der Waals surface area (Å²) in [6.45, 7) is 6.81. The lowest BCUT2D eigenvalue weighted by Gasteiger charge is -2.39. The van der Waals surface area contributed by atoms with Gasteiger partial charge in [-0.15, -0.1) is 0 Å². The molecule has 0 radical (unpaired) electrons. The highest BCUT2D eigenvalue weighted by molar-refractivity contribution is 5.95. The van der Waals surface area contributed by atoms with Crippen molar-refractivity contribution in [2.45, 2.75) is 57.8 Å². The van der Waals surface area contributed by atoms with Crippen LogP contribution in [0.15, 0.2) is 36.4 Å². The van der Waals surface area contributed by atoms with Gasteiger partial charge in [0.15, 0.2) is 0 Å². The van der Waals surface area contributed by atoms with Crippen LogP contribution in [0.3, 0.4) is 0 Å². The molecule has 2 fully saturated rings. The van der Waals surface area contributed by atoms with Gasteiger partial charge in [0, 0.05) is 67.5 Å². The summed E-state index contributed by atoms with van der Waals surface area (Å²) in [7, 11) is 0. The molecule has 4 heterocycles. The van der Waals surface area contributed by atoms with Crippen LogP contribution in [0.2, 0.25) is 0 Å². The number of carbonyl (C=O) groups excluding carboxylic acids is 1. The Morgan fingerprint density at radius 2 is 1.84 bits per heavy atom. The molecule has 0 amide bonds. The van der Waals surface area contributed by atoms with Crippen LogP contribution in [-0.2, 0) is 17.8 Å². The van der Waals surface area contributed by atoms with E-state index >= 15 is 0 Å². The van der Waals surface area contributed by atoms with Crippen LogP contribution in [0.1, 0.15) is 37.9 Å². The number of ether oxygens (including phenoxy) is 1. The van der Waals surface area contributed by atoms with Gasteiger partial charge in [-0.1, -0.05) is 24.3 Å². The zero-order chi connectivity index (χ0) is 30.3. The van der Waals surface area contributed by atoms with Crippen LogP contribution >= 0.6 is 0 Å². The predicted molar refractivity (Wildman–Crippen MR) is 158 cm³/mol. The van der Waals surface area contributed by atoms with Crippen molar-refractivity contribution in [3.63, 3.8) is 0 Å². The molecule has 0 aliphatic carbocycles. The highest BCUT2D eigenvalue weighted by Gasteiger charge is 2.47. The fourth-order valence-corrected chi connectivity index (χ4v) is 6.67. The lowest BCUT2D eigenvalue weighted by molar-refractivity contribution is -0.189. The van der Waals surface area contributed by atoms with E-state index in [0.717, 1.165) is 47.1 Å². The number of hydrogen-bond acceptors (Lipinski definition) is 9. The molecule has 2 aromatic carbocycles. The summed E-state index contributed by atoms with van der Waals surface area (Å²) in [5.74, 6) is 0.807. The number of fused-ring (bicyclic) bond motifs is 2. The largest absolute Gasteiger partial charge is 0.508 e. The molecule has 3 aromatic rings. The monoisotopic (exact) mass is 598 g/mol. The lowest BCUT2D eigenvalue weighted by atomic mass is 10.0. The number of hydrogen-bond donors (Lipinski definition) is 1. The van der Waals surface area contributed by atoms with Crippen molar-refractivity contribution in [2.75, 3.05) is 55.7 Å². The van der Waals surface area contributed by atoms with Gasteiger partial charge >= 0.3 is 18.1 Å². The molecule has 1 atom stereocenters. The van der Waals surface area contributed by atoms with Gasteiger partial charge in [0.25, 0.3) is 0 Å². The number of phenols is 1. The Kier molecular flexibility index (Phi) is 8.08. The second-order valence-corrected chi connectivity index (χ2v) is 11.8. The van der Waals surface area contributed by atoms with Gasteiger partial charge in [-0.3, -0.25) is 9.69 Å². The standard InChI is InChI=1S/C31H37F3N6O3/c1-20(2)40-10-5-7-22(40)19-43-30-35-26-18-38(27-17-23(41)16-21-6-3-4-8-24(21)27)11-9-25(26)28(36-30)37-12-14-39(15-13-37)31(33,34)29(32)42/h3-4,6,8,16-17,20,22,41H,5,7,9-15,18-19H2,1-2H3/t22-/m0/s1. The lowest BCUT2D eigenvalue weighted by Crippen LogP contribution is -2.56. The fourth-order valence-electron chi connectivity index (χ4n) is 6.67. The molecule has 43 heavy (non-hydrogen) atoms. The molecule has 1 aromatic heterocycles. The van der Waals surface area contributed by atoms with E-state index in [1.54, 1.807) is 12.1 Å². The van der Waals surface area contributed by atoms with E-state index < -0.39 is 12.1 Å². The highest BCUT2D eigenvalue weighted by Crippen LogP contribution is 2.37. The first-order chi connectivity index (χ1) is 20.6. The maximum absolute atomic E-state index is 14.1. The third-order valence-electron chi connectivity index (χ3n) is 8.89. The van der Waals surface area contributed by atoms with E-state index in [0.29, 0.717) is 42.9 Å². The van der Waals surface area contributed by atoms with Crippen molar-refractivity contribution >= 4 is 28.3 Å². The van der Waals surface area contributed by atoms with Crippen LogP contribution in [0.25, 0.3) is 10.8 Å². The number of benzene rings is 2. The first-order valence-corrected chi connectivity index (χ1v) is 14.9. The van der Waals surface area contributed by atoms with Crippen molar-refractivity contribution < 1.29 is 27.8 Å². The number of alkyl halides is 2. The number of anilines is 2. The quantitative estimate of drug-likeness (QED) is 0.300. The molecular weight excluding hydrogens is 561 g/mol. The number of nitrogens with zero attached hydrogens (tertiary/aromatic N) is 6. The van der Waals surface area contributed by atoms with Gasteiger partial charge in [0.05, 0.1) is 12.2 Å². The van der Waals surface area contributed by atoms with Gasteiger partial charge < -0.3 is 19.6 Å². The number of carbonyl (C=O) groups is 1. The Morgan fingerprint density at radius 1 is 1.07 bits per heavy atom. The fraction of sp³-hybridized carbons (Fsp3) is 0.516. The number of piperazine rings is 1. The van der Waals surface area contributed by atoms with E-state index in [4.69, 9.17) is 14.7 Å². The molecule has 230 valence electrons. The minimum atomic E-state index is -4.14. The Hall–Kier alpha value is -3.64. The van der Waals surface area contributed by atoms with Gasteiger partial charge in [-0.05, 0) is 51.1 Å². The number of aromatic hydroxyl groups is 1. The second-order valence-electron chi connectivity index (χ2n) is 11.8. The van der Waals surface area contributed by atoms with E-state index in [1.807, 2.05) is 29.2 Å². The van der Waals surface area contributed by atoms with Crippen LogP contribution in [-0.4, -0.2) is 94.9 Å². The molecule has 6 rings (SSSR count). The molecule has 12 heteroatoms. The Labute approximate surface area is 248 Å². The van der Waals surface area contributed by atoms with Crippen molar-refractivity contribution in [2.24, 2.45) is 0 Å². The molecule has 0 saturated carbocycles. The van der Waals surface area contributed by atoms with Crippen molar-refractivity contribution in [3.05, 3.63) is 47.7 Å². The maximum atomic E-state index is 14.1. The first-order valence-electron chi connectivity index (χ1n) is 14.9. The summed E-state index contributed by atoms with van der Waals surface area (Å²) in [5.41, 5.74) is 2.59. The van der Waals surface area contributed by atoms with E-state index in [1.165, 1.54) is 0 Å². The van der Waals surface area contributed by atoms with Gasteiger partial charge in [-0.2, -0.15) is 23.1 Å². The SMILES string of the molecule is CC(C)N1CCC[C@H]1COc1nc2c(c(N3CCN(C(F)(F)C(=O)F)CC3)n1)CCN(c1cc(O)cc3ccccc13)C2. The van der Waals surface area contributed by atoms with Crippen molar-refractivity contribution in [1.82, 2.24) is 19.8 Å². The third kappa shape index (κ3) is 5.82. The second kappa shape index (κ2) is 11.8. The summed E-state index contributed by atoms with van der Waals surface area (Å²) >= 11 is 0. The molecule has 0 bridgehead atoms. The average Bonchev–Trinajstić information content (AvgIpc) is 3.48. The number of rotatable bonds is 8. The third-order valence-corrected chi connectivity index (χ3v) is 8.89. The van der Waals surface area contributed by atoms with Crippen LogP contribution in [0.4, 0.5) is 24.7 Å². The van der Waals surface area contributed by atoms with Crippen LogP contribution < -0.4 is 14.5 Å². The Morgan fingerprint density at radius 3 is 2.58 bits per heavy atom. The smallest absolute Gasteiger partial charge is 0.395 e.